The zero-order chi connectivity index (χ0) is 15.6. The normalized spacial score (nSPS) is 21.0. The van der Waals surface area contributed by atoms with E-state index in [1.54, 1.807) is 6.07 Å². The van der Waals surface area contributed by atoms with Crippen molar-refractivity contribution < 1.29 is 18.3 Å². The molecule has 2 rings (SSSR count). The second-order valence-corrected chi connectivity index (χ2v) is 8.08. The maximum absolute atomic E-state index is 12.7. The van der Waals surface area contributed by atoms with Gasteiger partial charge in [-0.05, 0) is 31.0 Å². The second-order valence-electron chi connectivity index (χ2n) is 4.89. The molecule has 0 radical (unpaired) electrons. The minimum Gasteiger partial charge on any atom is -0.480 e. The minimum absolute atomic E-state index is 0.0551. The Balaban J connectivity index is 2.46. The van der Waals surface area contributed by atoms with E-state index in [4.69, 9.17) is 11.6 Å². The van der Waals surface area contributed by atoms with E-state index in [1.165, 1.54) is 12.1 Å². The lowest BCUT2D eigenvalue weighted by Crippen LogP contribution is -2.44. The van der Waals surface area contributed by atoms with Gasteiger partial charge in [0.05, 0.1) is 5.02 Å². The van der Waals surface area contributed by atoms with Crippen molar-refractivity contribution in [2.75, 3.05) is 6.54 Å². The summed E-state index contributed by atoms with van der Waals surface area (Å²) < 4.78 is 27.2. The largest absolute Gasteiger partial charge is 0.480 e. The standard InChI is InChI=1S/C13H15BrClNO4S/c14-9-5-6-12(10(15)8-9)21(19,20)16-7-3-1-2-4-11(16)13(17)18/h5-6,8,11H,1-4,7H2,(H,17,18). The van der Waals surface area contributed by atoms with E-state index in [9.17, 15) is 18.3 Å². The molecular formula is C13H15BrClNO4S. The van der Waals surface area contributed by atoms with Crippen LogP contribution in [0, 0.1) is 0 Å². The third kappa shape index (κ3) is 3.59. The highest BCUT2D eigenvalue weighted by atomic mass is 79.9. The van der Waals surface area contributed by atoms with Crippen molar-refractivity contribution in [1.29, 1.82) is 0 Å². The van der Waals surface area contributed by atoms with Crippen LogP contribution in [0.25, 0.3) is 0 Å². The minimum atomic E-state index is -3.93. The number of hydrogen-bond acceptors (Lipinski definition) is 3. The number of nitrogens with zero attached hydrogens (tertiary/aromatic N) is 1. The Morgan fingerprint density at radius 1 is 1.33 bits per heavy atom. The van der Waals surface area contributed by atoms with Gasteiger partial charge in [0.15, 0.2) is 0 Å². The van der Waals surface area contributed by atoms with E-state index in [0.717, 1.165) is 10.7 Å². The first-order valence-corrected chi connectivity index (χ1v) is 9.15. The molecule has 1 atom stereocenters. The van der Waals surface area contributed by atoms with Crippen LogP contribution in [0.15, 0.2) is 27.6 Å². The van der Waals surface area contributed by atoms with Crippen LogP contribution in [-0.2, 0) is 14.8 Å². The third-order valence-electron chi connectivity index (χ3n) is 3.47. The second kappa shape index (κ2) is 6.64. The van der Waals surface area contributed by atoms with Gasteiger partial charge in [0, 0.05) is 11.0 Å². The SMILES string of the molecule is O=C(O)C1CCCCCN1S(=O)(=O)c1ccc(Br)cc1Cl. The average Bonchev–Trinajstić information content (AvgIpc) is 2.64. The molecule has 1 heterocycles. The summed E-state index contributed by atoms with van der Waals surface area (Å²) in [6, 6.07) is 3.43. The molecule has 1 saturated heterocycles. The highest BCUT2D eigenvalue weighted by Crippen LogP contribution is 2.31. The van der Waals surface area contributed by atoms with Gasteiger partial charge in [-0.25, -0.2) is 8.42 Å². The summed E-state index contributed by atoms with van der Waals surface area (Å²) in [7, 11) is -3.93. The lowest BCUT2D eigenvalue weighted by Gasteiger charge is -2.26. The van der Waals surface area contributed by atoms with E-state index in [1.807, 2.05) is 0 Å². The van der Waals surface area contributed by atoms with Crippen molar-refractivity contribution in [2.45, 2.75) is 36.6 Å². The lowest BCUT2D eigenvalue weighted by atomic mass is 10.1. The summed E-state index contributed by atoms with van der Waals surface area (Å²) in [5.41, 5.74) is 0. The molecule has 1 aliphatic rings. The summed E-state index contributed by atoms with van der Waals surface area (Å²) in [6.45, 7) is 0.200. The molecule has 1 fully saturated rings. The van der Waals surface area contributed by atoms with Crippen molar-refractivity contribution in [2.24, 2.45) is 0 Å². The molecule has 0 amide bonds. The molecule has 1 aliphatic heterocycles. The van der Waals surface area contributed by atoms with Crippen LogP contribution in [0.1, 0.15) is 25.7 Å². The van der Waals surface area contributed by atoms with Crippen LogP contribution >= 0.6 is 27.5 Å². The molecule has 0 aliphatic carbocycles. The number of halogens is 2. The molecule has 0 aromatic heterocycles. The van der Waals surface area contributed by atoms with Crippen LogP contribution in [0.2, 0.25) is 5.02 Å². The van der Waals surface area contributed by atoms with Crippen molar-refractivity contribution in [1.82, 2.24) is 4.31 Å². The number of benzene rings is 1. The Labute approximate surface area is 137 Å². The molecule has 1 aromatic carbocycles. The van der Waals surface area contributed by atoms with Gasteiger partial charge < -0.3 is 5.11 Å². The lowest BCUT2D eigenvalue weighted by molar-refractivity contribution is -0.141. The number of aliphatic carboxylic acids is 1. The highest BCUT2D eigenvalue weighted by Gasteiger charge is 2.37. The van der Waals surface area contributed by atoms with Gasteiger partial charge in [-0.2, -0.15) is 4.31 Å². The fourth-order valence-corrected chi connectivity index (χ4v) is 5.09. The summed E-state index contributed by atoms with van der Waals surface area (Å²) in [4.78, 5) is 11.3. The van der Waals surface area contributed by atoms with Crippen molar-refractivity contribution in [3.63, 3.8) is 0 Å². The number of carbonyl (C=O) groups is 1. The maximum atomic E-state index is 12.7. The Kier molecular flexibility index (Phi) is 5.29. The number of rotatable bonds is 3. The number of carboxylic acids is 1. The fraction of sp³-hybridized carbons (Fsp3) is 0.462. The van der Waals surface area contributed by atoms with Gasteiger partial charge in [-0.3, -0.25) is 4.79 Å². The predicted molar refractivity (Wildman–Crippen MR) is 82.9 cm³/mol. The molecule has 21 heavy (non-hydrogen) atoms. The van der Waals surface area contributed by atoms with E-state index in [-0.39, 0.29) is 16.5 Å². The molecule has 116 valence electrons. The molecule has 1 unspecified atom stereocenters. The summed E-state index contributed by atoms with van der Waals surface area (Å²) in [6.07, 6.45) is 2.50. The highest BCUT2D eigenvalue weighted by molar-refractivity contribution is 9.10. The predicted octanol–water partition coefficient (Wildman–Crippen LogP) is 3.12. The van der Waals surface area contributed by atoms with Gasteiger partial charge in [-0.15, -0.1) is 0 Å². The van der Waals surface area contributed by atoms with E-state index < -0.39 is 22.0 Å². The monoisotopic (exact) mass is 395 g/mol. The van der Waals surface area contributed by atoms with E-state index in [0.29, 0.717) is 23.7 Å². The zero-order valence-electron chi connectivity index (χ0n) is 11.1. The maximum Gasteiger partial charge on any atom is 0.322 e. The molecule has 1 aromatic rings. The van der Waals surface area contributed by atoms with Gasteiger partial charge in [0.25, 0.3) is 0 Å². The van der Waals surface area contributed by atoms with Gasteiger partial charge >= 0.3 is 5.97 Å². The van der Waals surface area contributed by atoms with Crippen molar-refractivity contribution in [3.8, 4) is 0 Å². The summed E-state index contributed by atoms with van der Waals surface area (Å²) >= 11 is 9.24. The molecule has 1 N–H and O–H groups in total. The summed E-state index contributed by atoms with van der Waals surface area (Å²) in [5.74, 6) is -1.12. The number of sulfonamides is 1. The molecule has 0 bridgehead atoms. The van der Waals surface area contributed by atoms with E-state index in [2.05, 4.69) is 15.9 Å². The zero-order valence-corrected chi connectivity index (χ0v) is 14.3. The molecule has 0 spiro atoms. The van der Waals surface area contributed by atoms with Crippen molar-refractivity contribution >= 4 is 43.5 Å². The first-order valence-electron chi connectivity index (χ1n) is 6.54. The molecule has 0 saturated carbocycles. The third-order valence-corrected chi connectivity index (χ3v) is 6.35. The van der Waals surface area contributed by atoms with Crippen LogP contribution in [0.5, 0.6) is 0 Å². The number of carboxylic acid groups (broad SMARTS) is 1. The Hall–Kier alpha value is -0.630. The van der Waals surface area contributed by atoms with E-state index >= 15 is 0 Å². The topological polar surface area (TPSA) is 74.7 Å². The number of hydrogen-bond donors (Lipinski definition) is 1. The first kappa shape index (κ1) is 16.7. The van der Waals surface area contributed by atoms with Crippen LogP contribution in [0.3, 0.4) is 0 Å². The Bertz CT molecular complexity index is 650. The molecule has 5 nitrogen and oxygen atoms in total. The van der Waals surface area contributed by atoms with Crippen LogP contribution in [-0.4, -0.2) is 36.4 Å². The smallest absolute Gasteiger partial charge is 0.322 e. The molecule has 8 heteroatoms. The quantitative estimate of drug-likeness (QED) is 0.852. The first-order chi connectivity index (χ1) is 9.84. The van der Waals surface area contributed by atoms with Crippen molar-refractivity contribution in [3.05, 3.63) is 27.7 Å². The fourth-order valence-electron chi connectivity index (χ4n) is 2.43. The van der Waals surface area contributed by atoms with Gasteiger partial charge in [-0.1, -0.05) is 40.4 Å². The van der Waals surface area contributed by atoms with Crippen LogP contribution in [0.4, 0.5) is 0 Å². The van der Waals surface area contributed by atoms with Gasteiger partial charge in [0.2, 0.25) is 10.0 Å². The van der Waals surface area contributed by atoms with Crippen LogP contribution < -0.4 is 0 Å². The Morgan fingerprint density at radius 2 is 2.05 bits per heavy atom. The van der Waals surface area contributed by atoms with Gasteiger partial charge in [0.1, 0.15) is 10.9 Å². The average molecular weight is 397 g/mol. The summed E-state index contributed by atoms with van der Waals surface area (Å²) in [5, 5.41) is 9.39. The Morgan fingerprint density at radius 3 is 2.67 bits per heavy atom. The molecular weight excluding hydrogens is 382 g/mol.